The van der Waals surface area contributed by atoms with Crippen molar-refractivity contribution >= 4 is 17.7 Å². The summed E-state index contributed by atoms with van der Waals surface area (Å²) in [5, 5.41) is 8.83. The fraction of sp³-hybridized carbons (Fsp3) is 0.500. The third-order valence-corrected chi connectivity index (χ3v) is 6.19. The first-order valence-electron chi connectivity index (χ1n) is 8.95. The number of carbonyl (C=O) groups excluding carboxylic acids is 1. The average Bonchev–Trinajstić information content (AvgIpc) is 3.07. The Morgan fingerprint density at radius 3 is 2.62 bits per heavy atom. The van der Waals surface area contributed by atoms with Gasteiger partial charge in [0.05, 0.1) is 13.2 Å². The molecule has 1 N–H and O–H groups in total. The molecule has 7 nitrogen and oxygen atoms in total. The normalized spacial score (nSPS) is 22.5. The number of likely N-dealkylation sites (tertiary alicyclic amines) is 1. The number of benzene rings is 1. The number of rotatable bonds is 3. The lowest BCUT2D eigenvalue weighted by atomic mass is 10.0. The molecule has 2 aromatic rings. The highest BCUT2D eigenvalue weighted by molar-refractivity contribution is 8.00. The second-order valence-corrected chi connectivity index (χ2v) is 7.78. The van der Waals surface area contributed by atoms with Crippen LogP contribution in [0.25, 0.3) is 0 Å². The number of nitrogens with one attached hydrogen (secondary N) is 1. The molecule has 1 aromatic carbocycles. The Kier molecular flexibility index (Phi) is 4.76. The van der Waals surface area contributed by atoms with Gasteiger partial charge in [-0.2, -0.15) is 0 Å². The second-order valence-electron chi connectivity index (χ2n) is 6.67. The topological polar surface area (TPSA) is 72.3 Å². The van der Waals surface area contributed by atoms with Gasteiger partial charge < -0.3 is 15.1 Å². The van der Waals surface area contributed by atoms with Crippen LogP contribution in [0.5, 0.6) is 5.75 Å². The number of amides is 1. The van der Waals surface area contributed by atoms with Crippen molar-refractivity contribution in [3.05, 3.63) is 35.7 Å². The summed E-state index contributed by atoms with van der Waals surface area (Å²) in [5.41, 5.74) is 4.50. The molecular weight excluding hydrogens is 350 g/mol. The van der Waals surface area contributed by atoms with Crippen molar-refractivity contribution in [2.24, 2.45) is 0 Å². The Bertz CT molecular complexity index is 785. The van der Waals surface area contributed by atoms with Crippen LogP contribution in [-0.4, -0.2) is 51.1 Å². The van der Waals surface area contributed by atoms with E-state index in [1.165, 1.54) is 18.2 Å². The van der Waals surface area contributed by atoms with E-state index in [-0.39, 0.29) is 17.2 Å². The fourth-order valence-corrected chi connectivity index (χ4v) is 4.71. The molecule has 1 fully saturated rings. The highest BCUT2D eigenvalue weighted by atomic mass is 32.2. The number of methoxy groups -OCH3 is 1. The van der Waals surface area contributed by atoms with Crippen LogP contribution >= 0.6 is 11.8 Å². The minimum atomic E-state index is -0.266. The predicted molar refractivity (Wildman–Crippen MR) is 99.9 cm³/mol. The number of fused-ring (bicyclic) bond motifs is 1. The van der Waals surface area contributed by atoms with E-state index in [1.807, 2.05) is 40.8 Å². The van der Waals surface area contributed by atoms with E-state index in [4.69, 9.17) is 4.74 Å². The zero-order valence-electron chi connectivity index (χ0n) is 15.0. The van der Waals surface area contributed by atoms with Crippen LogP contribution in [0, 0.1) is 6.92 Å². The number of thioether (sulfide) groups is 1. The molecule has 26 heavy (non-hydrogen) atoms. The van der Waals surface area contributed by atoms with Crippen LogP contribution in [0.15, 0.2) is 29.4 Å². The van der Waals surface area contributed by atoms with E-state index >= 15 is 0 Å². The van der Waals surface area contributed by atoms with Crippen LogP contribution in [0.1, 0.15) is 36.7 Å². The van der Waals surface area contributed by atoms with Crippen molar-refractivity contribution in [2.75, 3.05) is 25.6 Å². The van der Waals surface area contributed by atoms with Crippen molar-refractivity contribution < 1.29 is 9.53 Å². The Hall–Kier alpha value is -2.22. The van der Waals surface area contributed by atoms with Crippen LogP contribution in [-0.2, 0) is 4.79 Å². The van der Waals surface area contributed by atoms with Gasteiger partial charge >= 0.3 is 0 Å². The van der Waals surface area contributed by atoms with E-state index < -0.39 is 0 Å². The monoisotopic (exact) mass is 373 g/mol. The second kappa shape index (κ2) is 7.19. The molecule has 2 aliphatic rings. The zero-order chi connectivity index (χ0) is 18.1. The maximum Gasteiger partial charge on any atom is 0.238 e. The maximum atomic E-state index is 13.3. The molecule has 2 atom stereocenters. The van der Waals surface area contributed by atoms with Crippen molar-refractivity contribution in [1.29, 1.82) is 0 Å². The van der Waals surface area contributed by atoms with Crippen molar-refractivity contribution in [1.82, 2.24) is 19.8 Å². The summed E-state index contributed by atoms with van der Waals surface area (Å²) in [7, 11) is 1.65. The Labute approximate surface area is 157 Å². The van der Waals surface area contributed by atoms with Gasteiger partial charge in [0.2, 0.25) is 11.1 Å². The van der Waals surface area contributed by atoms with E-state index in [0.29, 0.717) is 0 Å². The number of hydrogen-bond acceptors (Lipinski definition) is 6. The highest BCUT2D eigenvalue weighted by Crippen LogP contribution is 2.38. The van der Waals surface area contributed by atoms with E-state index in [2.05, 4.69) is 15.6 Å². The lowest BCUT2D eigenvalue weighted by Gasteiger charge is -2.37. The van der Waals surface area contributed by atoms with Gasteiger partial charge in [-0.3, -0.25) is 4.79 Å². The van der Waals surface area contributed by atoms with Crippen LogP contribution < -0.4 is 10.2 Å². The van der Waals surface area contributed by atoms with Gasteiger partial charge in [0.25, 0.3) is 0 Å². The molecule has 138 valence electrons. The number of aryl methyl sites for hydroxylation is 1. The molecule has 1 saturated heterocycles. The summed E-state index contributed by atoms with van der Waals surface area (Å²) in [5.74, 6) is 1.77. The standard InChI is InChI=1S/C18H23N5O2S/c1-12-19-20-18-23(12)21-15(13-6-8-14(25-2)9-7-13)16(26-18)17(24)22-10-4-3-5-11-22/h6-9,15-16,21H,3-5,10-11H2,1-2H3/t15-,16+/m1/s1. The molecule has 1 aromatic heterocycles. The average molecular weight is 373 g/mol. The minimum absolute atomic E-state index is 0.150. The summed E-state index contributed by atoms with van der Waals surface area (Å²) >= 11 is 1.50. The first-order chi connectivity index (χ1) is 12.7. The minimum Gasteiger partial charge on any atom is -0.497 e. The van der Waals surface area contributed by atoms with E-state index in [1.54, 1.807) is 7.11 Å². The molecule has 3 heterocycles. The summed E-state index contributed by atoms with van der Waals surface area (Å²) in [6.07, 6.45) is 3.37. The fourth-order valence-electron chi connectivity index (χ4n) is 3.50. The SMILES string of the molecule is COc1ccc([C@H]2Nn3c(C)nnc3S[C@@H]2C(=O)N2CCCCC2)cc1. The molecule has 0 unspecified atom stereocenters. The summed E-state index contributed by atoms with van der Waals surface area (Å²) in [6, 6.07) is 7.73. The van der Waals surface area contributed by atoms with Gasteiger partial charge in [-0.05, 0) is 43.9 Å². The molecule has 0 spiro atoms. The molecule has 0 aliphatic carbocycles. The number of aromatic nitrogens is 3. The third-order valence-electron chi connectivity index (χ3n) is 4.98. The van der Waals surface area contributed by atoms with E-state index in [9.17, 15) is 4.79 Å². The first kappa shape index (κ1) is 17.2. The Balaban J connectivity index is 1.66. The van der Waals surface area contributed by atoms with Gasteiger partial charge in [0.1, 0.15) is 16.8 Å². The molecule has 0 radical (unpaired) electrons. The van der Waals surface area contributed by atoms with Crippen molar-refractivity contribution in [3.8, 4) is 5.75 Å². The number of nitrogens with zero attached hydrogens (tertiary/aromatic N) is 4. The number of hydrogen-bond donors (Lipinski definition) is 1. The van der Waals surface area contributed by atoms with Crippen molar-refractivity contribution in [3.63, 3.8) is 0 Å². The Morgan fingerprint density at radius 1 is 1.19 bits per heavy atom. The van der Waals surface area contributed by atoms with Gasteiger partial charge in [0, 0.05) is 13.1 Å². The number of carbonyl (C=O) groups is 1. The number of ether oxygens (including phenoxy) is 1. The van der Waals surface area contributed by atoms with Gasteiger partial charge in [0.15, 0.2) is 0 Å². The lowest BCUT2D eigenvalue weighted by molar-refractivity contribution is -0.131. The smallest absolute Gasteiger partial charge is 0.238 e. The lowest BCUT2D eigenvalue weighted by Crippen LogP contribution is -2.47. The molecule has 8 heteroatoms. The Morgan fingerprint density at radius 2 is 1.92 bits per heavy atom. The molecule has 2 aliphatic heterocycles. The molecule has 0 bridgehead atoms. The highest BCUT2D eigenvalue weighted by Gasteiger charge is 2.39. The summed E-state index contributed by atoms with van der Waals surface area (Å²) in [6.45, 7) is 3.59. The summed E-state index contributed by atoms with van der Waals surface area (Å²) in [4.78, 5) is 15.3. The van der Waals surface area contributed by atoms with Gasteiger partial charge in [-0.15, -0.1) is 10.2 Å². The molecular formula is C18H23N5O2S. The van der Waals surface area contributed by atoms with Crippen LogP contribution in [0.4, 0.5) is 0 Å². The first-order valence-corrected chi connectivity index (χ1v) is 9.83. The van der Waals surface area contributed by atoms with Gasteiger partial charge in [-0.1, -0.05) is 23.9 Å². The predicted octanol–water partition coefficient (Wildman–Crippen LogP) is 2.37. The largest absolute Gasteiger partial charge is 0.497 e. The third kappa shape index (κ3) is 3.13. The summed E-state index contributed by atoms with van der Waals surface area (Å²) < 4.78 is 7.14. The molecule has 1 amide bonds. The molecule has 0 saturated carbocycles. The van der Waals surface area contributed by atoms with Crippen LogP contribution in [0.2, 0.25) is 0 Å². The van der Waals surface area contributed by atoms with E-state index in [0.717, 1.165) is 48.2 Å². The van der Waals surface area contributed by atoms with Gasteiger partial charge in [-0.25, -0.2) is 4.68 Å². The number of piperidine rings is 1. The van der Waals surface area contributed by atoms with Crippen molar-refractivity contribution in [2.45, 2.75) is 42.6 Å². The zero-order valence-corrected chi connectivity index (χ0v) is 15.8. The molecule has 4 rings (SSSR count). The maximum absolute atomic E-state index is 13.3. The van der Waals surface area contributed by atoms with Crippen LogP contribution in [0.3, 0.4) is 0 Å². The quantitative estimate of drug-likeness (QED) is 0.891.